The number of nitrogens with one attached hydrogen (secondary N) is 1. The molecule has 3 atom stereocenters. The Kier molecular flexibility index (Phi) is 9.74. The molecule has 34 heavy (non-hydrogen) atoms. The average molecular weight is 482 g/mol. The maximum Gasteiger partial charge on any atom is 0.346 e. The normalized spacial score (nSPS) is 13.2. The maximum absolute atomic E-state index is 12.5. The van der Waals surface area contributed by atoms with E-state index < -0.39 is 19.9 Å². The van der Waals surface area contributed by atoms with Crippen LogP contribution in [0.15, 0.2) is 78.9 Å². The summed E-state index contributed by atoms with van der Waals surface area (Å²) in [5, 5.41) is 22.6. The van der Waals surface area contributed by atoms with E-state index in [1.54, 1.807) is 24.3 Å². The molecule has 0 fully saturated rings. The summed E-state index contributed by atoms with van der Waals surface area (Å²) in [7, 11) is -1.64. The van der Waals surface area contributed by atoms with Crippen molar-refractivity contribution in [2.45, 2.75) is 31.8 Å². The molecule has 178 valence electrons. The van der Waals surface area contributed by atoms with Gasteiger partial charge in [0.25, 0.3) is 0 Å². The van der Waals surface area contributed by atoms with Crippen LogP contribution in [0.5, 0.6) is 5.75 Å². The standard InChI is InChI=1S/C26H28NO6P/c1-19(22-8-5-9-23(14-22)26(29)30)27-15-24(28)18-34(31)17-21-10-12-25(13-11-21)33-32-16-20-6-3-2-4-7-20/h2-14,19,24,27-28H,15-18H2,1H3/p+1/t19?,24-/m0/s1. The molecule has 0 aliphatic heterocycles. The topological polar surface area (TPSA) is 105 Å². The van der Waals surface area contributed by atoms with Gasteiger partial charge in [-0.15, -0.1) is 0 Å². The fraction of sp³-hybridized carbons (Fsp3) is 0.269. The molecule has 8 heteroatoms. The van der Waals surface area contributed by atoms with Gasteiger partial charge in [-0.1, -0.05) is 59.2 Å². The number of hydrogen-bond acceptors (Lipinski definition) is 6. The Morgan fingerprint density at radius 3 is 2.44 bits per heavy atom. The molecular weight excluding hydrogens is 453 g/mol. The summed E-state index contributed by atoms with van der Waals surface area (Å²) >= 11 is 0. The Bertz CT molecular complexity index is 1070. The number of hydrogen-bond donors (Lipinski definition) is 3. The van der Waals surface area contributed by atoms with Gasteiger partial charge in [-0.05, 0) is 47.9 Å². The van der Waals surface area contributed by atoms with Gasteiger partial charge < -0.3 is 20.4 Å². The van der Waals surface area contributed by atoms with E-state index in [0.29, 0.717) is 18.5 Å². The van der Waals surface area contributed by atoms with Crippen molar-refractivity contribution in [2.24, 2.45) is 0 Å². The molecule has 0 bridgehead atoms. The van der Waals surface area contributed by atoms with Crippen LogP contribution < -0.4 is 10.2 Å². The third kappa shape index (κ3) is 8.36. The number of benzene rings is 3. The average Bonchev–Trinajstić information content (AvgIpc) is 2.84. The van der Waals surface area contributed by atoms with Crippen LogP contribution in [0.1, 0.15) is 40.0 Å². The van der Waals surface area contributed by atoms with Crippen LogP contribution in [0.2, 0.25) is 0 Å². The van der Waals surface area contributed by atoms with Gasteiger partial charge in [-0.3, -0.25) is 0 Å². The van der Waals surface area contributed by atoms with Crippen LogP contribution >= 0.6 is 7.80 Å². The molecule has 0 saturated heterocycles. The van der Waals surface area contributed by atoms with Crippen molar-refractivity contribution in [3.63, 3.8) is 0 Å². The third-order valence-corrected chi connectivity index (χ3v) is 6.76. The lowest BCUT2D eigenvalue weighted by Gasteiger charge is -2.16. The molecule has 0 saturated carbocycles. The first-order chi connectivity index (χ1) is 16.4. The summed E-state index contributed by atoms with van der Waals surface area (Å²) in [5.74, 6) is -0.425. The highest BCUT2D eigenvalue weighted by atomic mass is 31.1. The zero-order valence-corrected chi connectivity index (χ0v) is 19.9. The maximum atomic E-state index is 12.5. The zero-order chi connectivity index (χ0) is 24.3. The first kappa shape index (κ1) is 25.5. The van der Waals surface area contributed by atoms with Gasteiger partial charge in [-0.2, -0.15) is 4.89 Å². The smallest absolute Gasteiger partial charge is 0.346 e. The Hall–Kier alpha value is -3.09. The van der Waals surface area contributed by atoms with Crippen LogP contribution in [0.4, 0.5) is 0 Å². The quantitative estimate of drug-likeness (QED) is 0.180. The zero-order valence-electron chi connectivity index (χ0n) is 19.0. The lowest BCUT2D eigenvalue weighted by molar-refractivity contribution is -0.217. The lowest BCUT2D eigenvalue weighted by atomic mass is 10.1. The molecule has 0 aromatic heterocycles. The van der Waals surface area contributed by atoms with Crippen molar-refractivity contribution in [3.8, 4) is 5.75 Å². The van der Waals surface area contributed by atoms with Crippen LogP contribution in [-0.2, 0) is 22.2 Å². The molecule has 3 aromatic carbocycles. The van der Waals surface area contributed by atoms with Crippen molar-refractivity contribution in [2.75, 3.05) is 12.7 Å². The van der Waals surface area contributed by atoms with Gasteiger partial charge in [0.1, 0.15) is 12.7 Å². The number of carboxylic acid groups (broad SMARTS) is 1. The van der Waals surface area contributed by atoms with Crippen molar-refractivity contribution in [1.29, 1.82) is 0 Å². The van der Waals surface area contributed by atoms with Crippen LogP contribution in [0.25, 0.3) is 0 Å². The lowest BCUT2D eigenvalue weighted by Crippen LogP contribution is -2.30. The van der Waals surface area contributed by atoms with E-state index in [1.165, 1.54) is 6.07 Å². The highest BCUT2D eigenvalue weighted by molar-refractivity contribution is 7.43. The van der Waals surface area contributed by atoms with Gasteiger partial charge in [0.05, 0.1) is 5.56 Å². The molecule has 0 aliphatic rings. The monoisotopic (exact) mass is 482 g/mol. The van der Waals surface area contributed by atoms with Crippen LogP contribution in [0, 0.1) is 0 Å². The molecule has 3 N–H and O–H groups in total. The second-order valence-corrected chi connectivity index (χ2v) is 9.66. The number of carbonyl (C=O) groups is 1. The summed E-state index contributed by atoms with van der Waals surface area (Å²) in [6.07, 6.45) is -0.251. The summed E-state index contributed by atoms with van der Waals surface area (Å²) < 4.78 is 12.5. The Morgan fingerprint density at radius 2 is 1.74 bits per heavy atom. The van der Waals surface area contributed by atoms with Crippen molar-refractivity contribution in [1.82, 2.24) is 5.32 Å². The van der Waals surface area contributed by atoms with E-state index in [2.05, 4.69) is 5.32 Å². The number of aromatic carboxylic acids is 1. The van der Waals surface area contributed by atoms with Crippen molar-refractivity contribution >= 4 is 13.8 Å². The predicted molar refractivity (Wildman–Crippen MR) is 130 cm³/mol. The Labute approximate surface area is 200 Å². The van der Waals surface area contributed by atoms with E-state index in [0.717, 1.165) is 16.7 Å². The second kappa shape index (κ2) is 13.0. The minimum absolute atomic E-state index is 0.150. The largest absolute Gasteiger partial charge is 0.478 e. The summed E-state index contributed by atoms with van der Waals surface area (Å²) in [6, 6.07) is 23.4. The van der Waals surface area contributed by atoms with E-state index in [4.69, 9.17) is 14.9 Å². The van der Waals surface area contributed by atoms with E-state index in [1.807, 2.05) is 55.5 Å². The summed E-state index contributed by atoms with van der Waals surface area (Å²) in [4.78, 5) is 21.7. The molecule has 2 unspecified atom stereocenters. The van der Waals surface area contributed by atoms with E-state index in [9.17, 15) is 14.5 Å². The molecule has 0 amide bonds. The molecule has 7 nitrogen and oxygen atoms in total. The molecule has 0 radical (unpaired) electrons. The highest BCUT2D eigenvalue weighted by Gasteiger charge is 2.22. The van der Waals surface area contributed by atoms with Gasteiger partial charge in [0.2, 0.25) is 0 Å². The van der Waals surface area contributed by atoms with Gasteiger partial charge in [0, 0.05) is 12.6 Å². The number of carboxylic acids is 1. The fourth-order valence-electron chi connectivity index (χ4n) is 3.33. The Balaban J connectivity index is 1.38. The molecule has 0 spiro atoms. The fourth-order valence-corrected chi connectivity index (χ4v) is 4.68. The Morgan fingerprint density at radius 1 is 1.00 bits per heavy atom. The van der Waals surface area contributed by atoms with Gasteiger partial charge >= 0.3 is 13.8 Å². The minimum Gasteiger partial charge on any atom is -0.478 e. The first-order valence-electron chi connectivity index (χ1n) is 11.0. The summed E-state index contributed by atoms with van der Waals surface area (Å²) in [5.41, 5.74) is 2.92. The van der Waals surface area contributed by atoms with Crippen molar-refractivity contribution < 1.29 is 29.3 Å². The van der Waals surface area contributed by atoms with E-state index >= 15 is 0 Å². The SMILES string of the molecule is CC(NC[C@H](O)C[P+](=O)Cc1ccc(OOCc2ccccc2)cc1)c1cccc(C(=O)O)c1. The van der Waals surface area contributed by atoms with Crippen molar-refractivity contribution in [3.05, 3.63) is 101 Å². The molecule has 3 rings (SSSR count). The van der Waals surface area contributed by atoms with Gasteiger partial charge in [-0.25, -0.2) is 4.79 Å². The highest BCUT2D eigenvalue weighted by Crippen LogP contribution is 2.28. The van der Waals surface area contributed by atoms with Gasteiger partial charge in [0.15, 0.2) is 18.1 Å². The molecular formula is C26H29NO6P+. The number of aliphatic hydroxyl groups is 1. The van der Waals surface area contributed by atoms with Crippen LogP contribution in [-0.4, -0.2) is 35.0 Å². The molecule has 0 heterocycles. The molecule has 3 aromatic rings. The minimum atomic E-state index is -1.64. The third-order valence-electron chi connectivity index (χ3n) is 5.21. The molecule has 0 aliphatic carbocycles. The second-order valence-electron chi connectivity index (χ2n) is 8.01. The summed E-state index contributed by atoms with van der Waals surface area (Å²) in [6.45, 7) is 2.48. The number of aliphatic hydroxyl groups excluding tert-OH is 1. The first-order valence-corrected chi connectivity index (χ1v) is 12.6. The van der Waals surface area contributed by atoms with E-state index in [-0.39, 0.29) is 24.3 Å². The van der Waals surface area contributed by atoms with Crippen LogP contribution in [0.3, 0.4) is 0 Å². The number of rotatable bonds is 13. The predicted octanol–water partition coefficient (Wildman–Crippen LogP) is 4.93.